The number of ether oxygens (including phenoxy) is 2. The maximum atomic E-state index is 12.6. The van der Waals surface area contributed by atoms with Crippen molar-refractivity contribution in [2.45, 2.75) is 0 Å². The Bertz CT molecular complexity index is 1150. The first-order valence-corrected chi connectivity index (χ1v) is 9.06. The third-order valence-corrected chi connectivity index (χ3v) is 5.48. The highest BCUT2D eigenvalue weighted by Gasteiger charge is 2.13. The second kappa shape index (κ2) is 6.30. The van der Waals surface area contributed by atoms with Gasteiger partial charge in [0, 0.05) is 11.6 Å². The van der Waals surface area contributed by atoms with Crippen LogP contribution in [0.4, 0.5) is 0 Å². The van der Waals surface area contributed by atoms with E-state index >= 15 is 0 Å². The minimum atomic E-state index is -0.187. The van der Waals surface area contributed by atoms with Gasteiger partial charge in [-0.3, -0.25) is 4.79 Å². The maximum Gasteiger partial charge on any atom is 0.291 e. The van der Waals surface area contributed by atoms with Crippen molar-refractivity contribution in [1.82, 2.24) is 14.6 Å². The fourth-order valence-corrected chi connectivity index (χ4v) is 3.97. The van der Waals surface area contributed by atoms with Crippen molar-refractivity contribution < 1.29 is 9.47 Å². The van der Waals surface area contributed by atoms with Gasteiger partial charge in [-0.25, -0.2) is 0 Å². The van der Waals surface area contributed by atoms with E-state index in [0.29, 0.717) is 26.8 Å². The summed E-state index contributed by atoms with van der Waals surface area (Å²) in [5.74, 6) is 1.91. The summed E-state index contributed by atoms with van der Waals surface area (Å²) in [6.07, 6.45) is 1.78. The molecule has 0 aliphatic carbocycles. The fraction of sp³-hybridized carbons (Fsp3) is 0.118. The van der Waals surface area contributed by atoms with Crippen molar-refractivity contribution in [2.75, 3.05) is 14.2 Å². The van der Waals surface area contributed by atoms with E-state index in [1.54, 1.807) is 37.7 Å². The standard InChI is InChI=1S/C17H13N3O3S2/c1-22-11-6-5-10(12(9-11)23-2)8-14-16(21)20-17(25-14)18-15(19-20)13-4-3-7-24-13/h3-9H,1-2H3/b14-8+. The molecule has 4 aromatic rings. The summed E-state index contributed by atoms with van der Waals surface area (Å²) in [4.78, 5) is 18.6. The molecule has 8 heteroatoms. The molecule has 0 fully saturated rings. The predicted octanol–water partition coefficient (Wildman–Crippen LogP) is 2.44. The Morgan fingerprint density at radius 2 is 2.08 bits per heavy atom. The Morgan fingerprint density at radius 3 is 2.76 bits per heavy atom. The maximum absolute atomic E-state index is 12.6. The lowest BCUT2D eigenvalue weighted by Crippen LogP contribution is -2.23. The van der Waals surface area contributed by atoms with E-state index in [2.05, 4.69) is 10.1 Å². The van der Waals surface area contributed by atoms with Crippen LogP contribution in [0.15, 0.2) is 40.5 Å². The summed E-state index contributed by atoms with van der Waals surface area (Å²) in [7, 11) is 3.18. The lowest BCUT2D eigenvalue weighted by molar-refractivity contribution is 0.393. The van der Waals surface area contributed by atoms with E-state index in [9.17, 15) is 4.79 Å². The molecule has 3 aromatic heterocycles. The van der Waals surface area contributed by atoms with Crippen LogP contribution in [0.1, 0.15) is 5.56 Å². The molecule has 25 heavy (non-hydrogen) atoms. The molecule has 0 unspecified atom stereocenters. The molecule has 126 valence electrons. The number of rotatable bonds is 4. The number of hydrogen-bond acceptors (Lipinski definition) is 7. The minimum Gasteiger partial charge on any atom is -0.497 e. The smallest absolute Gasteiger partial charge is 0.291 e. The van der Waals surface area contributed by atoms with Gasteiger partial charge >= 0.3 is 0 Å². The van der Waals surface area contributed by atoms with Crippen LogP contribution >= 0.6 is 22.7 Å². The molecule has 0 N–H and O–H groups in total. The summed E-state index contributed by atoms with van der Waals surface area (Å²) in [6.45, 7) is 0. The molecule has 0 atom stereocenters. The van der Waals surface area contributed by atoms with Gasteiger partial charge in [0.05, 0.1) is 23.6 Å². The van der Waals surface area contributed by atoms with Crippen LogP contribution in [-0.2, 0) is 0 Å². The van der Waals surface area contributed by atoms with E-state index in [4.69, 9.17) is 9.47 Å². The Balaban J connectivity index is 1.82. The lowest BCUT2D eigenvalue weighted by Gasteiger charge is -2.06. The lowest BCUT2D eigenvalue weighted by atomic mass is 10.2. The van der Waals surface area contributed by atoms with Crippen LogP contribution in [0.25, 0.3) is 21.7 Å². The first kappa shape index (κ1) is 15.8. The average molecular weight is 371 g/mol. The SMILES string of the molecule is COc1ccc(/C=c2/sc3nc(-c4cccs4)nn3c2=O)c(OC)c1. The number of benzene rings is 1. The number of thiazole rings is 1. The van der Waals surface area contributed by atoms with Gasteiger partial charge in [0.25, 0.3) is 5.56 Å². The Kier molecular flexibility index (Phi) is 3.98. The van der Waals surface area contributed by atoms with Gasteiger partial charge in [0.2, 0.25) is 4.96 Å². The van der Waals surface area contributed by atoms with Gasteiger partial charge in [0.1, 0.15) is 11.5 Å². The van der Waals surface area contributed by atoms with Gasteiger partial charge in [-0.2, -0.15) is 9.50 Å². The molecule has 3 heterocycles. The zero-order valence-electron chi connectivity index (χ0n) is 13.4. The zero-order chi connectivity index (χ0) is 17.4. The number of aromatic nitrogens is 3. The molecular formula is C17H13N3O3S2. The first-order chi connectivity index (χ1) is 12.2. The Morgan fingerprint density at radius 1 is 1.20 bits per heavy atom. The summed E-state index contributed by atoms with van der Waals surface area (Å²) in [5, 5.41) is 6.29. The molecule has 0 radical (unpaired) electrons. The number of hydrogen-bond donors (Lipinski definition) is 0. The first-order valence-electron chi connectivity index (χ1n) is 7.37. The van der Waals surface area contributed by atoms with Crippen LogP contribution in [0.5, 0.6) is 11.5 Å². The molecule has 0 aliphatic rings. The van der Waals surface area contributed by atoms with E-state index in [-0.39, 0.29) is 5.56 Å². The number of methoxy groups -OCH3 is 2. The van der Waals surface area contributed by atoms with Gasteiger partial charge < -0.3 is 9.47 Å². The molecule has 1 aromatic carbocycles. The zero-order valence-corrected chi connectivity index (χ0v) is 15.1. The normalized spacial score (nSPS) is 12.0. The van der Waals surface area contributed by atoms with Gasteiger partial charge in [-0.15, -0.1) is 16.4 Å². The molecule has 0 saturated heterocycles. The predicted molar refractivity (Wildman–Crippen MR) is 98.8 cm³/mol. The molecule has 0 spiro atoms. The molecule has 0 saturated carbocycles. The van der Waals surface area contributed by atoms with Crippen LogP contribution < -0.4 is 19.6 Å². The molecule has 6 nitrogen and oxygen atoms in total. The number of fused-ring (bicyclic) bond motifs is 1. The van der Waals surface area contributed by atoms with Crippen molar-refractivity contribution in [3.8, 4) is 22.2 Å². The van der Waals surface area contributed by atoms with E-state index in [0.717, 1.165) is 10.4 Å². The van der Waals surface area contributed by atoms with E-state index in [1.165, 1.54) is 15.9 Å². The highest BCUT2D eigenvalue weighted by atomic mass is 32.1. The molecule has 0 aliphatic heterocycles. The van der Waals surface area contributed by atoms with Crippen LogP contribution in [0, 0.1) is 0 Å². The van der Waals surface area contributed by atoms with E-state index in [1.807, 2.05) is 29.6 Å². The quantitative estimate of drug-likeness (QED) is 0.551. The second-order valence-corrected chi connectivity index (χ2v) is 7.09. The average Bonchev–Trinajstić information content (AvgIpc) is 3.34. The third kappa shape index (κ3) is 2.79. The van der Waals surface area contributed by atoms with Gasteiger partial charge in [-0.1, -0.05) is 17.4 Å². The van der Waals surface area contributed by atoms with Crippen LogP contribution in [0.2, 0.25) is 0 Å². The van der Waals surface area contributed by atoms with Crippen molar-refractivity contribution in [3.63, 3.8) is 0 Å². The Labute approximate surface area is 150 Å². The van der Waals surface area contributed by atoms with Gasteiger partial charge in [-0.05, 0) is 29.7 Å². The highest BCUT2D eigenvalue weighted by molar-refractivity contribution is 7.15. The highest BCUT2D eigenvalue weighted by Crippen LogP contribution is 2.25. The Hall–Kier alpha value is -2.71. The molecule has 4 rings (SSSR count). The second-order valence-electron chi connectivity index (χ2n) is 5.13. The minimum absolute atomic E-state index is 0.187. The fourth-order valence-electron chi connectivity index (χ4n) is 2.42. The molecular weight excluding hydrogens is 358 g/mol. The molecule has 0 bridgehead atoms. The summed E-state index contributed by atoms with van der Waals surface area (Å²) in [5.41, 5.74) is 0.608. The van der Waals surface area contributed by atoms with Crippen LogP contribution in [-0.4, -0.2) is 28.8 Å². The van der Waals surface area contributed by atoms with Crippen molar-refractivity contribution in [1.29, 1.82) is 0 Å². The van der Waals surface area contributed by atoms with Crippen LogP contribution in [0.3, 0.4) is 0 Å². The number of thiophene rings is 1. The summed E-state index contributed by atoms with van der Waals surface area (Å²) < 4.78 is 12.5. The monoisotopic (exact) mass is 371 g/mol. The van der Waals surface area contributed by atoms with Crippen molar-refractivity contribution in [2.24, 2.45) is 0 Å². The largest absolute Gasteiger partial charge is 0.497 e. The van der Waals surface area contributed by atoms with E-state index < -0.39 is 0 Å². The molecule has 0 amide bonds. The van der Waals surface area contributed by atoms with Crippen molar-refractivity contribution in [3.05, 3.63) is 56.2 Å². The topological polar surface area (TPSA) is 65.7 Å². The number of nitrogens with zero attached hydrogens (tertiary/aromatic N) is 3. The summed E-state index contributed by atoms with van der Waals surface area (Å²) >= 11 is 2.85. The van der Waals surface area contributed by atoms with Gasteiger partial charge in [0.15, 0.2) is 5.82 Å². The summed E-state index contributed by atoms with van der Waals surface area (Å²) in [6, 6.07) is 9.32. The third-order valence-electron chi connectivity index (χ3n) is 3.65. The van der Waals surface area contributed by atoms with Crippen molar-refractivity contribution >= 4 is 33.7 Å².